The minimum atomic E-state index is -0.249. The van der Waals surface area contributed by atoms with Crippen molar-refractivity contribution in [2.24, 2.45) is 5.92 Å². The molecule has 1 unspecified atom stereocenters. The lowest BCUT2D eigenvalue weighted by molar-refractivity contribution is -0.128. The number of rotatable bonds is 5. The van der Waals surface area contributed by atoms with Crippen LogP contribution in [0.5, 0.6) is 0 Å². The van der Waals surface area contributed by atoms with Gasteiger partial charge in [0.15, 0.2) is 0 Å². The number of carbonyl (C=O) groups is 2. The molecule has 1 aromatic heterocycles. The van der Waals surface area contributed by atoms with E-state index in [2.05, 4.69) is 15.2 Å². The van der Waals surface area contributed by atoms with E-state index in [4.69, 9.17) is 4.74 Å². The molecule has 3 rings (SSSR count). The van der Waals surface area contributed by atoms with Gasteiger partial charge in [0.2, 0.25) is 11.8 Å². The van der Waals surface area contributed by atoms with Crippen LogP contribution >= 0.6 is 0 Å². The highest BCUT2D eigenvalue weighted by molar-refractivity contribution is 5.89. The molecule has 1 N–H and O–H groups in total. The first-order valence-corrected chi connectivity index (χ1v) is 8.51. The highest BCUT2D eigenvalue weighted by Gasteiger charge is 2.33. The van der Waals surface area contributed by atoms with Gasteiger partial charge in [0.05, 0.1) is 19.1 Å². The number of pyridine rings is 1. The maximum absolute atomic E-state index is 12.4. The zero-order valence-electron chi connectivity index (χ0n) is 14.0. The second-order valence-corrected chi connectivity index (χ2v) is 6.14. The SMILES string of the molecule is CCN1CC(C(=O)NCc2cccnc2N2CCOCC2)CC1=O. The Labute approximate surface area is 142 Å². The lowest BCUT2D eigenvalue weighted by Crippen LogP contribution is -2.38. The van der Waals surface area contributed by atoms with E-state index in [0.717, 1.165) is 24.5 Å². The lowest BCUT2D eigenvalue weighted by atomic mass is 10.1. The normalized spacial score (nSPS) is 21.2. The zero-order chi connectivity index (χ0) is 16.9. The Balaban J connectivity index is 1.60. The summed E-state index contributed by atoms with van der Waals surface area (Å²) in [6, 6.07) is 3.86. The molecule has 0 saturated carbocycles. The molecule has 0 bridgehead atoms. The average Bonchev–Trinajstić information content (AvgIpc) is 3.01. The fraction of sp³-hybridized carbons (Fsp3) is 0.588. The number of hydrogen-bond acceptors (Lipinski definition) is 5. The fourth-order valence-electron chi connectivity index (χ4n) is 3.21. The Morgan fingerprint density at radius 2 is 2.21 bits per heavy atom. The number of nitrogens with zero attached hydrogens (tertiary/aromatic N) is 3. The summed E-state index contributed by atoms with van der Waals surface area (Å²) < 4.78 is 5.38. The molecule has 2 saturated heterocycles. The third-order valence-electron chi connectivity index (χ3n) is 4.60. The molecule has 24 heavy (non-hydrogen) atoms. The van der Waals surface area contributed by atoms with Crippen LogP contribution in [0, 0.1) is 5.92 Å². The Morgan fingerprint density at radius 1 is 1.42 bits per heavy atom. The summed E-state index contributed by atoms with van der Waals surface area (Å²) in [5.74, 6) is 0.656. The van der Waals surface area contributed by atoms with Crippen LogP contribution in [0.4, 0.5) is 5.82 Å². The Morgan fingerprint density at radius 3 is 2.92 bits per heavy atom. The number of ether oxygens (including phenoxy) is 1. The predicted octanol–water partition coefficient (Wildman–Crippen LogP) is 0.403. The Bertz CT molecular complexity index is 601. The van der Waals surface area contributed by atoms with Crippen molar-refractivity contribution in [3.63, 3.8) is 0 Å². The van der Waals surface area contributed by atoms with Crippen molar-refractivity contribution in [3.8, 4) is 0 Å². The summed E-state index contributed by atoms with van der Waals surface area (Å²) in [5.41, 5.74) is 0.990. The van der Waals surface area contributed by atoms with E-state index in [0.29, 0.717) is 39.3 Å². The topological polar surface area (TPSA) is 74.8 Å². The second-order valence-electron chi connectivity index (χ2n) is 6.14. The summed E-state index contributed by atoms with van der Waals surface area (Å²) in [6.45, 7) is 6.54. The van der Waals surface area contributed by atoms with Gasteiger partial charge in [0.1, 0.15) is 5.82 Å². The van der Waals surface area contributed by atoms with E-state index in [1.165, 1.54) is 0 Å². The van der Waals surface area contributed by atoms with Crippen molar-refractivity contribution in [1.29, 1.82) is 0 Å². The van der Waals surface area contributed by atoms with Crippen molar-refractivity contribution in [3.05, 3.63) is 23.9 Å². The molecular formula is C17H24N4O3. The van der Waals surface area contributed by atoms with Crippen molar-refractivity contribution >= 4 is 17.6 Å². The van der Waals surface area contributed by atoms with Crippen LogP contribution in [0.25, 0.3) is 0 Å². The predicted molar refractivity (Wildman–Crippen MR) is 89.5 cm³/mol. The smallest absolute Gasteiger partial charge is 0.225 e. The number of aromatic nitrogens is 1. The van der Waals surface area contributed by atoms with Gasteiger partial charge in [-0.25, -0.2) is 4.98 Å². The van der Waals surface area contributed by atoms with Crippen molar-refractivity contribution in [2.75, 3.05) is 44.3 Å². The molecule has 3 heterocycles. The Kier molecular flexibility index (Phi) is 5.30. The molecule has 2 fully saturated rings. The van der Waals surface area contributed by atoms with Crippen LogP contribution in [-0.4, -0.2) is 61.1 Å². The fourth-order valence-corrected chi connectivity index (χ4v) is 3.21. The van der Waals surface area contributed by atoms with Gasteiger partial charge in [0.25, 0.3) is 0 Å². The summed E-state index contributed by atoms with van der Waals surface area (Å²) in [7, 11) is 0. The van der Waals surface area contributed by atoms with Crippen molar-refractivity contribution < 1.29 is 14.3 Å². The maximum Gasteiger partial charge on any atom is 0.225 e. The number of hydrogen-bond donors (Lipinski definition) is 1. The summed E-state index contributed by atoms with van der Waals surface area (Å²) >= 11 is 0. The number of morpholine rings is 1. The second kappa shape index (κ2) is 7.61. The van der Waals surface area contributed by atoms with Gasteiger partial charge in [-0.2, -0.15) is 0 Å². The van der Waals surface area contributed by atoms with Gasteiger partial charge in [-0.1, -0.05) is 6.07 Å². The monoisotopic (exact) mass is 332 g/mol. The molecule has 1 atom stereocenters. The van der Waals surface area contributed by atoms with Crippen LogP contribution in [0.2, 0.25) is 0 Å². The molecule has 7 heteroatoms. The van der Waals surface area contributed by atoms with Gasteiger partial charge in [-0.3, -0.25) is 9.59 Å². The third kappa shape index (κ3) is 3.67. The lowest BCUT2D eigenvalue weighted by Gasteiger charge is -2.29. The summed E-state index contributed by atoms with van der Waals surface area (Å²) in [4.78, 5) is 32.5. The number of carbonyl (C=O) groups excluding carboxylic acids is 2. The molecule has 0 aliphatic carbocycles. The van der Waals surface area contributed by atoms with E-state index in [1.54, 1.807) is 11.1 Å². The molecule has 130 valence electrons. The first-order chi connectivity index (χ1) is 11.7. The molecule has 2 amide bonds. The number of anilines is 1. The van der Waals surface area contributed by atoms with Gasteiger partial charge in [0, 0.05) is 50.9 Å². The third-order valence-corrected chi connectivity index (χ3v) is 4.60. The minimum absolute atomic E-state index is 0.0592. The number of amides is 2. The quantitative estimate of drug-likeness (QED) is 0.845. The summed E-state index contributed by atoms with van der Waals surface area (Å²) in [6.07, 6.45) is 2.08. The molecule has 2 aliphatic rings. The average molecular weight is 332 g/mol. The molecule has 7 nitrogen and oxygen atoms in total. The molecule has 1 aromatic rings. The van der Waals surface area contributed by atoms with Crippen LogP contribution in [0.3, 0.4) is 0 Å². The van der Waals surface area contributed by atoms with Gasteiger partial charge >= 0.3 is 0 Å². The van der Waals surface area contributed by atoms with Crippen LogP contribution in [0.1, 0.15) is 18.9 Å². The maximum atomic E-state index is 12.4. The van der Waals surface area contributed by atoms with E-state index in [9.17, 15) is 9.59 Å². The van der Waals surface area contributed by atoms with Crippen LogP contribution in [0.15, 0.2) is 18.3 Å². The van der Waals surface area contributed by atoms with E-state index in [-0.39, 0.29) is 17.7 Å². The minimum Gasteiger partial charge on any atom is -0.378 e. The molecule has 0 radical (unpaired) electrons. The molecular weight excluding hydrogens is 308 g/mol. The summed E-state index contributed by atoms with van der Waals surface area (Å²) in [5, 5.41) is 2.97. The molecule has 0 spiro atoms. The number of nitrogens with one attached hydrogen (secondary N) is 1. The van der Waals surface area contributed by atoms with Crippen LogP contribution in [-0.2, 0) is 20.9 Å². The van der Waals surface area contributed by atoms with E-state index >= 15 is 0 Å². The first-order valence-electron chi connectivity index (χ1n) is 8.51. The van der Waals surface area contributed by atoms with Gasteiger partial charge < -0.3 is 19.9 Å². The largest absolute Gasteiger partial charge is 0.378 e. The highest BCUT2D eigenvalue weighted by Crippen LogP contribution is 2.20. The van der Waals surface area contributed by atoms with E-state index < -0.39 is 0 Å². The van der Waals surface area contributed by atoms with Gasteiger partial charge in [-0.05, 0) is 13.0 Å². The standard InChI is InChI=1S/C17H24N4O3/c1-2-20-12-14(10-15(20)22)17(23)19-11-13-4-3-5-18-16(13)21-6-8-24-9-7-21/h3-5,14H,2,6-12H2,1H3,(H,19,23). The van der Waals surface area contributed by atoms with Crippen molar-refractivity contribution in [1.82, 2.24) is 15.2 Å². The highest BCUT2D eigenvalue weighted by atomic mass is 16.5. The molecule has 0 aromatic carbocycles. The Hall–Kier alpha value is -2.15. The van der Waals surface area contributed by atoms with Crippen LogP contribution < -0.4 is 10.2 Å². The van der Waals surface area contributed by atoms with Gasteiger partial charge in [-0.15, -0.1) is 0 Å². The number of likely N-dealkylation sites (tertiary alicyclic amines) is 1. The zero-order valence-corrected chi connectivity index (χ0v) is 14.0. The molecule has 2 aliphatic heterocycles. The van der Waals surface area contributed by atoms with E-state index in [1.807, 2.05) is 19.1 Å². The first kappa shape index (κ1) is 16.7. The van der Waals surface area contributed by atoms with Crippen molar-refractivity contribution in [2.45, 2.75) is 19.9 Å².